The molecule has 116 valence electrons. The highest BCUT2D eigenvalue weighted by Crippen LogP contribution is 2.24. The van der Waals surface area contributed by atoms with Crippen molar-refractivity contribution in [1.29, 1.82) is 0 Å². The molecule has 2 N–H and O–H groups in total. The van der Waals surface area contributed by atoms with E-state index in [1.165, 1.54) is 4.90 Å². The highest BCUT2D eigenvalue weighted by atomic mass is 16.4. The standard InChI is InChI=1S/C15H23N3O3/c1-15(2,3)8-11(13(19)20)9-17-14(21)18(4)12-6-5-7-16-10-12/h5-7,10-11H,8-9H2,1-4H3,(H,17,21)(H,19,20). The third-order valence-corrected chi connectivity index (χ3v) is 3.05. The van der Waals surface area contributed by atoms with Crippen molar-refractivity contribution in [3.8, 4) is 0 Å². The van der Waals surface area contributed by atoms with Gasteiger partial charge in [0.25, 0.3) is 0 Å². The topological polar surface area (TPSA) is 82.5 Å². The summed E-state index contributed by atoms with van der Waals surface area (Å²) in [4.78, 5) is 28.6. The van der Waals surface area contributed by atoms with Gasteiger partial charge in [-0.2, -0.15) is 0 Å². The minimum absolute atomic E-state index is 0.107. The van der Waals surface area contributed by atoms with Gasteiger partial charge >= 0.3 is 12.0 Å². The van der Waals surface area contributed by atoms with E-state index in [4.69, 9.17) is 0 Å². The summed E-state index contributed by atoms with van der Waals surface area (Å²) in [5, 5.41) is 11.9. The lowest BCUT2D eigenvalue weighted by atomic mass is 9.84. The summed E-state index contributed by atoms with van der Waals surface area (Å²) in [5.74, 6) is -1.49. The predicted molar refractivity (Wildman–Crippen MR) is 81.2 cm³/mol. The van der Waals surface area contributed by atoms with Crippen molar-refractivity contribution in [3.63, 3.8) is 0 Å². The van der Waals surface area contributed by atoms with Crippen LogP contribution in [-0.2, 0) is 4.79 Å². The third-order valence-electron chi connectivity index (χ3n) is 3.05. The summed E-state index contributed by atoms with van der Waals surface area (Å²) < 4.78 is 0. The number of nitrogens with one attached hydrogen (secondary N) is 1. The molecule has 1 heterocycles. The van der Waals surface area contributed by atoms with Crippen molar-refractivity contribution in [2.24, 2.45) is 11.3 Å². The van der Waals surface area contributed by atoms with Gasteiger partial charge in [-0.3, -0.25) is 14.7 Å². The zero-order valence-electron chi connectivity index (χ0n) is 13.0. The maximum atomic E-state index is 12.0. The first kappa shape index (κ1) is 16.9. The number of urea groups is 1. The molecule has 0 saturated carbocycles. The van der Waals surface area contributed by atoms with Crippen LogP contribution < -0.4 is 10.2 Å². The van der Waals surface area contributed by atoms with Crippen LogP contribution in [0.5, 0.6) is 0 Å². The van der Waals surface area contributed by atoms with E-state index in [1.54, 1.807) is 31.6 Å². The molecule has 0 fully saturated rings. The third kappa shape index (κ3) is 5.81. The van der Waals surface area contributed by atoms with Crippen LogP contribution in [-0.4, -0.2) is 35.7 Å². The molecular weight excluding hydrogens is 270 g/mol. The molecule has 0 aromatic carbocycles. The largest absolute Gasteiger partial charge is 0.481 e. The molecule has 0 bridgehead atoms. The van der Waals surface area contributed by atoms with Gasteiger partial charge in [0, 0.05) is 19.8 Å². The molecule has 21 heavy (non-hydrogen) atoms. The van der Waals surface area contributed by atoms with E-state index in [-0.39, 0.29) is 18.0 Å². The first-order valence-electron chi connectivity index (χ1n) is 6.85. The zero-order valence-corrected chi connectivity index (χ0v) is 13.0. The predicted octanol–water partition coefficient (Wildman–Crippen LogP) is 2.36. The molecule has 6 heteroatoms. The molecule has 2 amide bonds. The van der Waals surface area contributed by atoms with E-state index < -0.39 is 11.9 Å². The number of pyridine rings is 1. The second-order valence-electron chi connectivity index (χ2n) is 6.26. The average molecular weight is 293 g/mol. The van der Waals surface area contributed by atoms with Crippen LogP contribution in [0.4, 0.5) is 10.5 Å². The van der Waals surface area contributed by atoms with Crippen molar-refractivity contribution in [1.82, 2.24) is 10.3 Å². The Bertz CT molecular complexity index is 483. The van der Waals surface area contributed by atoms with E-state index >= 15 is 0 Å². The van der Waals surface area contributed by atoms with E-state index in [0.717, 1.165) is 0 Å². The van der Waals surface area contributed by atoms with Crippen LogP contribution in [0.3, 0.4) is 0 Å². The van der Waals surface area contributed by atoms with Gasteiger partial charge in [-0.25, -0.2) is 4.79 Å². The fourth-order valence-electron chi connectivity index (χ4n) is 1.98. The first-order valence-corrected chi connectivity index (χ1v) is 6.85. The number of carbonyl (C=O) groups is 2. The number of nitrogens with zero attached hydrogens (tertiary/aromatic N) is 2. The molecule has 1 aromatic rings. The number of anilines is 1. The number of carboxylic acid groups (broad SMARTS) is 1. The Labute approximate surface area is 125 Å². The van der Waals surface area contributed by atoms with E-state index in [2.05, 4.69) is 10.3 Å². The maximum absolute atomic E-state index is 12.0. The molecule has 0 aliphatic rings. The Balaban J connectivity index is 2.59. The van der Waals surface area contributed by atoms with E-state index in [1.807, 2.05) is 20.8 Å². The number of amides is 2. The molecular formula is C15H23N3O3. The zero-order chi connectivity index (χ0) is 16.0. The molecule has 0 radical (unpaired) electrons. The molecule has 6 nitrogen and oxygen atoms in total. The van der Waals surface area contributed by atoms with E-state index in [9.17, 15) is 14.7 Å². The Morgan fingerprint density at radius 2 is 2.10 bits per heavy atom. The molecule has 1 rings (SSSR count). The van der Waals surface area contributed by atoms with Gasteiger partial charge in [-0.1, -0.05) is 20.8 Å². The number of aromatic nitrogens is 1. The fourth-order valence-corrected chi connectivity index (χ4v) is 1.98. The lowest BCUT2D eigenvalue weighted by molar-refractivity contribution is -0.142. The maximum Gasteiger partial charge on any atom is 0.321 e. The van der Waals surface area contributed by atoms with Crippen LogP contribution in [0.2, 0.25) is 0 Å². The first-order chi connectivity index (χ1) is 9.70. The number of hydrogen-bond acceptors (Lipinski definition) is 3. The van der Waals surface area contributed by atoms with Crippen LogP contribution >= 0.6 is 0 Å². The lowest BCUT2D eigenvalue weighted by Crippen LogP contribution is -2.41. The SMILES string of the molecule is CN(C(=O)NCC(CC(C)(C)C)C(=O)O)c1cccnc1. The lowest BCUT2D eigenvalue weighted by Gasteiger charge is -2.24. The van der Waals surface area contributed by atoms with Crippen molar-refractivity contribution in [2.45, 2.75) is 27.2 Å². The van der Waals surface area contributed by atoms with Crippen LogP contribution in [0.15, 0.2) is 24.5 Å². The molecule has 1 aromatic heterocycles. The number of aliphatic carboxylic acids is 1. The fraction of sp³-hybridized carbons (Fsp3) is 0.533. The summed E-state index contributed by atoms with van der Waals surface area (Å²) in [7, 11) is 1.62. The van der Waals surface area contributed by atoms with Crippen molar-refractivity contribution in [2.75, 3.05) is 18.5 Å². The minimum Gasteiger partial charge on any atom is -0.481 e. The average Bonchev–Trinajstić information content (AvgIpc) is 2.41. The number of carbonyl (C=O) groups excluding carboxylic acids is 1. The van der Waals surface area contributed by atoms with Gasteiger partial charge in [0.05, 0.1) is 17.8 Å². The Morgan fingerprint density at radius 3 is 2.57 bits per heavy atom. The second-order valence-corrected chi connectivity index (χ2v) is 6.26. The second kappa shape index (κ2) is 7.06. The van der Waals surface area contributed by atoms with Gasteiger partial charge in [-0.15, -0.1) is 0 Å². The summed E-state index contributed by atoms with van der Waals surface area (Å²) in [5.41, 5.74) is 0.543. The van der Waals surface area contributed by atoms with E-state index in [0.29, 0.717) is 12.1 Å². The molecule has 0 aliphatic heterocycles. The molecule has 0 aliphatic carbocycles. The number of hydrogen-bond donors (Lipinski definition) is 2. The Morgan fingerprint density at radius 1 is 1.43 bits per heavy atom. The van der Waals surface area contributed by atoms with Crippen molar-refractivity contribution in [3.05, 3.63) is 24.5 Å². The van der Waals surface area contributed by atoms with Crippen LogP contribution in [0, 0.1) is 11.3 Å². The number of rotatable bonds is 5. The van der Waals surface area contributed by atoms with Crippen LogP contribution in [0.1, 0.15) is 27.2 Å². The highest BCUT2D eigenvalue weighted by molar-refractivity contribution is 5.91. The van der Waals surface area contributed by atoms with Gasteiger partial charge in [-0.05, 0) is 24.0 Å². The highest BCUT2D eigenvalue weighted by Gasteiger charge is 2.25. The van der Waals surface area contributed by atoms with Gasteiger partial charge in [0.15, 0.2) is 0 Å². The smallest absolute Gasteiger partial charge is 0.321 e. The van der Waals surface area contributed by atoms with Gasteiger partial charge in [0.1, 0.15) is 0 Å². The summed E-state index contributed by atoms with van der Waals surface area (Å²) in [6, 6.07) is 3.15. The molecule has 0 saturated heterocycles. The van der Waals surface area contributed by atoms with Gasteiger partial charge < -0.3 is 10.4 Å². The molecule has 1 unspecified atom stereocenters. The van der Waals surface area contributed by atoms with Crippen molar-refractivity contribution >= 4 is 17.7 Å². The van der Waals surface area contributed by atoms with Crippen molar-refractivity contribution < 1.29 is 14.7 Å². The monoisotopic (exact) mass is 293 g/mol. The van der Waals surface area contributed by atoms with Crippen LogP contribution in [0.25, 0.3) is 0 Å². The number of carboxylic acids is 1. The normalized spacial score (nSPS) is 12.6. The summed E-state index contributed by atoms with van der Waals surface area (Å²) in [6.07, 6.45) is 3.70. The quantitative estimate of drug-likeness (QED) is 0.873. The van der Waals surface area contributed by atoms with Gasteiger partial charge in [0.2, 0.25) is 0 Å². The Kier molecular flexibility index (Phi) is 5.69. The Hall–Kier alpha value is -2.11. The summed E-state index contributed by atoms with van der Waals surface area (Å²) in [6.45, 7) is 6.04. The summed E-state index contributed by atoms with van der Waals surface area (Å²) >= 11 is 0. The molecule has 1 atom stereocenters. The molecule has 0 spiro atoms. The minimum atomic E-state index is -0.894.